The van der Waals surface area contributed by atoms with E-state index in [1.165, 1.54) is 18.5 Å². The van der Waals surface area contributed by atoms with E-state index < -0.39 is 0 Å². The lowest BCUT2D eigenvalue weighted by molar-refractivity contribution is 0.0977. The molecule has 0 saturated carbocycles. The zero-order chi connectivity index (χ0) is 17.8. The summed E-state index contributed by atoms with van der Waals surface area (Å²) >= 11 is 5.29. The van der Waals surface area contributed by atoms with Gasteiger partial charge in [0.05, 0.1) is 0 Å². The van der Waals surface area contributed by atoms with E-state index >= 15 is 0 Å². The molecular formula is C20H23N3OS. The van der Waals surface area contributed by atoms with Gasteiger partial charge in [-0.15, -0.1) is 0 Å². The zero-order valence-corrected chi connectivity index (χ0v) is 15.5. The smallest absolute Gasteiger partial charge is 0.257 e. The van der Waals surface area contributed by atoms with Crippen LogP contribution in [0.3, 0.4) is 0 Å². The molecule has 0 unspecified atom stereocenters. The van der Waals surface area contributed by atoms with Crippen molar-refractivity contribution < 1.29 is 4.79 Å². The fourth-order valence-electron chi connectivity index (χ4n) is 2.98. The minimum absolute atomic E-state index is 0.198. The molecule has 0 aromatic heterocycles. The number of hydrogen-bond acceptors (Lipinski definition) is 3. The van der Waals surface area contributed by atoms with Crippen LogP contribution >= 0.6 is 12.2 Å². The van der Waals surface area contributed by atoms with Gasteiger partial charge < -0.3 is 10.2 Å². The molecule has 0 bridgehead atoms. The maximum atomic E-state index is 12.3. The topological polar surface area (TPSA) is 44.4 Å². The summed E-state index contributed by atoms with van der Waals surface area (Å²) in [6.45, 7) is 6.21. The molecule has 3 rings (SSSR count). The predicted octanol–water partition coefficient (Wildman–Crippen LogP) is 4.03. The first-order chi connectivity index (χ1) is 12.0. The number of carbonyl (C=O) groups is 1. The summed E-state index contributed by atoms with van der Waals surface area (Å²) in [5.74, 6) is -0.198. The first-order valence-corrected chi connectivity index (χ1v) is 8.98. The highest BCUT2D eigenvalue weighted by Crippen LogP contribution is 2.23. The molecule has 1 aliphatic heterocycles. The summed E-state index contributed by atoms with van der Waals surface area (Å²) < 4.78 is 0. The van der Waals surface area contributed by atoms with Gasteiger partial charge in [-0.1, -0.05) is 12.1 Å². The lowest BCUT2D eigenvalue weighted by Crippen LogP contribution is -2.34. The number of rotatable bonds is 3. The van der Waals surface area contributed by atoms with Crippen LogP contribution in [-0.2, 0) is 0 Å². The number of nitrogens with one attached hydrogen (secondary N) is 2. The number of aryl methyl sites for hydroxylation is 2. The fourth-order valence-corrected chi connectivity index (χ4v) is 3.19. The van der Waals surface area contributed by atoms with E-state index in [1.54, 1.807) is 0 Å². The fraction of sp³-hybridized carbons (Fsp3) is 0.300. The third kappa shape index (κ3) is 4.37. The summed E-state index contributed by atoms with van der Waals surface area (Å²) in [5.41, 5.74) is 4.93. The maximum Gasteiger partial charge on any atom is 0.257 e. The molecule has 1 amide bonds. The number of thiocarbonyl (C=S) groups is 1. The first kappa shape index (κ1) is 17.4. The normalized spacial score (nSPS) is 13.6. The van der Waals surface area contributed by atoms with Gasteiger partial charge in [-0.2, -0.15) is 0 Å². The van der Waals surface area contributed by atoms with Gasteiger partial charge in [0.2, 0.25) is 0 Å². The van der Waals surface area contributed by atoms with Crippen molar-refractivity contribution in [2.24, 2.45) is 0 Å². The Hall–Kier alpha value is -2.40. The van der Waals surface area contributed by atoms with Crippen molar-refractivity contribution in [2.45, 2.75) is 26.7 Å². The second-order valence-electron chi connectivity index (χ2n) is 6.45. The average Bonchev–Trinajstić information content (AvgIpc) is 3.12. The predicted molar refractivity (Wildman–Crippen MR) is 107 cm³/mol. The molecule has 5 heteroatoms. The van der Waals surface area contributed by atoms with Gasteiger partial charge >= 0.3 is 0 Å². The number of amides is 1. The summed E-state index contributed by atoms with van der Waals surface area (Å²) in [5, 5.41) is 6.16. The number of anilines is 2. The first-order valence-electron chi connectivity index (χ1n) is 8.57. The molecule has 0 spiro atoms. The van der Waals surface area contributed by atoms with Crippen LogP contribution in [0.5, 0.6) is 0 Å². The summed E-state index contributed by atoms with van der Waals surface area (Å²) in [6.07, 6.45) is 2.48. The third-order valence-corrected chi connectivity index (χ3v) is 4.78. The minimum atomic E-state index is -0.198. The molecule has 1 saturated heterocycles. The summed E-state index contributed by atoms with van der Waals surface area (Å²) in [4.78, 5) is 14.7. The lowest BCUT2D eigenvalue weighted by Gasteiger charge is -2.19. The molecule has 130 valence electrons. The van der Waals surface area contributed by atoms with Gasteiger partial charge in [-0.3, -0.25) is 10.1 Å². The quantitative estimate of drug-likeness (QED) is 0.818. The molecule has 0 atom stereocenters. The molecule has 4 nitrogen and oxygen atoms in total. The van der Waals surface area contributed by atoms with Crippen LogP contribution in [0.2, 0.25) is 0 Å². The van der Waals surface area contributed by atoms with Crippen LogP contribution in [0.4, 0.5) is 11.4 Å². The highest BCUT2D eigenvalue weighted by Gasteiger charge is 2.13. The zero-order valence-electron chi connectivity index (χ0n) is 14.6. The molecule has 1 fully saturated rings. The molecular weight excluding hydrogens is 330 g/mol. The number of carbonyl (C=O) groups excluding carboxylic acids is 1. The SMILES string of the molecule is Cc1ccc(C(=O)NC(=S)Nc2cccc(N3CCCC3)c2)cc1C. The Balaban J connectivity index is 1.63. The molecule has 2 N–H and O–H groups in total. The number of benzene rings is 2. The largest absolute Gasteiger partial charge is 0.371 e. The van der Waals surface area contributed by atoms with Crippen molar-refractivity contribution in [3.63, 3.8) is 0 Å². The number of hydrogen-bond donors (Lipinski definition) is 2. The minimum Gasteiger partial charge on any atom is -0.371 e. The second-order valence-corrected chi connectivity index (χ2v) is 6.86. The van der Waals surface area contributed by atoms with Crippen LogP contribution in [0, 0.1) is 13.8 Å². The molecule has 1 aliphatic rings. The van der Waals surface area contributed by atoms with Gasteiger partial charge in [0.25, 0.3) is 5.91 Å². The third-order valence-electron chi connectivity index (χ3n) is 4.57. The Kier molecular flexibility index (Phi) is 5.34. The Morgan fingerprint density at radius 3 is 2.52 bits per heavy atom. The Morgan fingerprint density at radius 1 is 1.04 bits per heavy atom. The number of nitrogens with zero attached hydrogens (tertiary/aromatic N) is 1. The van der Waals surface area contributed by atoms with Crippen LogP contribution in [0.1, 0.15) is 34.3 Å². The van der Waals surface area contributed by atoms with Crippen molar-refractivity contribution in [3.05, 3.63) is 59.2 Å². The standard InChI is InChI=1S/C20H23N3OS/c1-14-8-9-16(12-15(14)2)19(24)22-20(25)21-17-6-5-7-18(13-17)23-10-3-4-11-23/h5-9,12-13H,3-4,10-11H2,1-2H3,(H2,21,22,24,25). The highest BCUT2D eigenvalue weighted by molar-refractivity contribution is 7.80. The Morgan fingerprint density at radius 2 is 1.80 bits per heavy atom. The van der Waals surface area contributed by atoms with E-state index in [-0.39, 0.29) is 5.91 Å². The lowest BCUT2D eigenvalue weighted by atomic mass is 10.1. The molecule has 2 aromatic carbocycles. The summed E-state index contributed by atoms with van der Waals surface area (Å²) in [6, 6.07) is 13.8. The van der Waals surface area contributed by atoms with Gasteiger partial charge in [0.1, 0.15) is 0 Å². The van der Waals surface area contributed by atoms with Crippen molar-refractivity contribution in [3.8, 4) is 0 Å². The van der Waals surface area contributed by atoms with Crippen LogP contribution < -0.4 is 15.5 Å². The van der Waals surface area contributed by atoms with E-state index in [2.05, 4.69) is 27.7 Å². The van der Waals surface area contributed by atoms with Crippen molar-refractivity contribution in [2.75, 3.05) is 23.3 Å². The van der Waals surface area contributed by atoms with Crippen LogP contribution in [0.25, 0.3) is 0 Å². The van der Waals surface area contributed by atoms with Gasteiger partial charge in [-0.05, 0) is 80.4 Å². The Labute approximate surface area is 154 Å². The average molecular weight is 353 g/mol. The van der Waals surface area contributed by atoms with E-state index in [0.29, 0.717) is 10.7 Å². The van der Waals surface area contributed by atoms with Crippen molar-refractivity contribution in [1.29, 1.82) is 0 Å². The maximum absolute atomic E-state index is 12.3. The van der Waals surface area contributed by atoms with Crippen molar-refractivity contribution >= 4 is 34.6 Å². The highest BCUT2D eigenvalue weighted by atomic mass is 32.1. The van der Waals surface area contributed by atoms with Gasteiger partial charge in [0, 0.05) is 30.0 Å². The molecule has 2 aromatic rings. The van der Waals surface area contributed by atoms with E-state index in [0.717, 1.165) is 29.9 Å². The van der Waals surface area contributed by atoms with E-state index in [9.17, 15) is 4.79 Å². The van der Waals surface area contributed by atoms with Gasteiger partial charge in [-0.25, -0.2) is 0 Å². The monoisotopic (exact) mass is 353 g/mol. The van der Waals surface area contributed by atoms with E-state index in [4.69, 9.17) is 12.2 Å². The van der Waals surface area contributed by atoms with Crippen molar-refractivity contribution in [1.82, 2.24) is 5.32 Å². The molecule has 0 aliphatic carbocycles. The van der Waals surface area contributed by atoms with Crippen LogP contribution in [-0.4, -0.2) is 24.1 Å². The molecule has 1 heterocycles. The van der Waals surface area contributed by atoms with Gasteiger partial charge in [0.15, 0.2) is 5.11 Å². The molecule has 0 radical (unpaired) electrons. The Bertz CT molecular complexity index is 797. The molecule has 25 heavy (non-hydrogen) atoms. The second kappa shape index (κ2) is 7.66. The van der Waals surface area contributed by atoms with Crippen LogP contribution in [0.15, 0.2) is 42.5 Å². The van der Waals surface area contributed by atoms with E-state index in [1.807, 2.05) is 44.2 Å². The summed E-state index contributed by atoms with van der Waals surface area (Å²) in [7, 11) is 0.